The van der Waals surface area contributed by atoms with Gasteiger partial charge in [0, 0.05) is 32.6 Å². The number of carbonyl (C=O) groups is 2. The first-order valence-electron chi connectivity index (χ1n) is 9.18. The fraction of sp³-hybridized carbons (Fsp3) is 0.500. The first-order chi connectivity index (χ1) is 13.4. The van der Waals surface area contributed by atoms with E-state index in [1.54, 1.807) is 17.0 Å². The lowest BCUT2D eigenvalue weighted by Gasteiger charge is -2.36. The molecule has 152 valence electrons. The molecule has 8 nitrogen and oxygen atoms in total. The van der Waals surface area contributed by atoms with Crippen LogP contribution in [0.2, 0.25) is 0 Å². The normalized spacial score (nSPS) is 19.7. The molecule has 1 aromatic carbocycles. The maximum Gasteiger partial charge on any atom is 0.414 e. The predicted molar refractivity (Wildman–Crippen MR) is 108 cm³/mol. The lowest BCUT2D eigenvalue weighted by atomic mass is 10.1. The summed E-state index contributed by atoms with van der Waals surface area (Å²) >= 11 is 4.85. The van der Waals surface area contributed by atoms with Crippen LogP contribution < -0.4 is 21.3 Å². The molecular weight excluding hydrogens is 385 g/mol. The number of anilines is 2. The fourth-order valence-corrected chi connectivity index (χ4v) is 3.55. The second-order valence-electron chi connectivity index (χ2n) is 6.83. The average molecular weight is 409 g/mol. The summed E-state index contributed by atoms with van der Waals surface area (Å²) in [5.41, 5.74) is 11.8. The minimum Gasteiger partial charge on any atom is -0.444 e. The molecule has 2 saturated heterocycles. The van der Waals surface area contributed by atoms with Crippen molar-refractivity contribution in [1.29, 1.82) is 0 Å². The summed E-state index contributed by atoms with van der Waals surface area (Å²) in [6.07, 6.45) is 0.218. The molecule has 28 heavy (non-hydrogen) atoms. The van der Waals surface area contributed by atoms with Gasteiger partial charge in [0.25, 0.3) is 0 Å². The topological polar surface area (TPSA) is 105 Å². The van der Waals surface area contributed by atoms with Crippen molar-refractivity contribution in [3.8, 4) is 0 Å². The summed E-state index contributed by atoms with van der Waals surface area (Å²) in [6.45, 7) is 2.36. The van der Waals surface area contributed by atoms with Crippen molar-refractivity contribution in [3.63, 3.8) is 0 Å². The minimum absolute atomic E-state index is 0.0208. The summed E-state index contributed by atoms with van der Waals surface area (Å²) in [6, 6.07) is 4.69. The smallest absolute Gasteiger partial charge is 0.414 e. The van der Waals surface area contributed by atoms with Gasteiger partial charge in [-0.2, -0.15) is 0 Å². The molecular formula is C18H24FN5O3S. The standard InChI is InChI=1S/C18H24FN5O3S/c19-14-9-12(24-11-13(27-18(24)26)2-4-16(21)28)1-3-15(14)22-5-7-23(8-6-22)17(25)10-20/h1,3,9,13H,2,4-8,10-11,20H2,(H2,21,28)/t13-/m0/s1. The van der Waals surface area contributed by atoms with E-state index in [0.717, 1.165) is 0 Å². The zero-order valence-corrected chi connectivity index (χ0v) is 16.3. The van der Waals surface area contributed by atoms with Crippen LogP contribution in [0.15, 0.2) is 18.2 Å². The number of benzene rings is 1. The molecule has 4 N–H and O–H groups in total. The highest BCUT2D eigenvalue weighted by atomic mass is 32.1. The Morgan fingerprint density at radius 3 is 2.61 bits per heavy atom. The molecule has 10 heteroatoms. The first kappa shape index (κ1) is 20.3. The molecule has 0 aliphatic carbocycles. The van der Waals surface area contributed by atoms with Gasteiger partial charge >= 0.3 is 6.09 Å². The fourth-order valence-electron chi connectivity index (χ4n) is 3.43. The van der Waals surface area contributed by atoms with E-state index in [0.29, 0.717) is 61.9 Å². The Morgan fingerprint density at radius 1 is 1.29 bits per heavy atom. The molecule has 0 saturated carbocycles. The molecule has 1 atom stereocenters. The van der Waals surface area contributed by atoms with Crippen molar-refractivity contribution in [2.45, 2.75) is 18.9 Å². The first-order valence-corrected chi connectivity index (χ1v) is 9.58. The lowest BCUT2D eigenvalue weighted by Crippen LogP contribution is -2.50. The monoisotopic (exact) mass is 409 g/mol. The predicted octanol–water partition coefficient (Wildman–Crippen LogP) is 0.825. The van der Waals surface area contributed by atoms with Crippen LogP contribution in [0.3, 0.4) is 0 Å². The Bertz CT molecular complexity index is 770. The quantitative estimate of drug-likeness (QED) is 0.671. The van der Waals surface area contributed by atoms with Gasteiger partial charge < -0.3 is 26.0 Å². The average Bonchev–Trinajstić information content (AvgIpc) is 3.06. The van der Waals surface area contributed by atoms with Crippen molar-refractivity contribution < 1.29 is 18.7 Å². The number of hydrogen-bond acceptors (Lipinski definition) is 6. The number of carbonyl (C=O) groups excluding carboxylic acids is 2. The molecule has 2 aliphatic rings. The van der Waals surface area contributed by atoms with Gasteiger partial charge in [-0.3, -0.25) is 9.69 Å². The van der Waals surface area contributed by atoms with Crippen molar-refractivity contribution in [2.24, 2.45) is 11.5 Å². The van der Waals surface area contributed by atoms with Crippen molar-refractivity contribution >= 4 is 40.6 Å². The number of amides is 2. The molecule has 2 aliphatic heterocycles. The molecule has 0 aromatic heterocycles. The van der Waals surface area contributed by atoms with Crippen LogP contribution in [-0.4, -0.2) is 67.3 Å². The summed E-state index contributed by atoms with van der Waals surface area (Å²) in [4.78, 5) is 29.1. The van der Waals surface area contributed by atoms with Crippen molar-refractivity contribution in [3.05, 3.63) is 24.0 Å². The molecule has 3 rings (SSSR count). The Morgan fingerprint density at radius 2 is 2.00 bits per heavy atom. The zero-order valence-electron chi connectivity index (χ0n) is 15.5. The molecule has 0 spiro atoms. The number of piperazine rings is 1. The number of hydrogen-bond donors (Lipinski definition) is 2. The van der Waals surface area contributed by atoms with Gasteiger partial charge in [-0.05, 0) is 24.6 Å². The van der Waals surface area contributed by atoms with Crippen LogP contribution >= 0.6 is 12.2 Å². The number of ether oxygens (including phenoxy) is 1. The third-order valence-corrected chi connectivity index (χ3v) is 5.18. The van der Waals surface area contributed by atoms with Crippen LogP contribution in [0.1, 0.15) is 12.8 Å². The third kappa shape index (κ3) is 4.50. The van der Waals surface area contributed by atoms with Gasteiger partial charge in [-0.1, -0.05) is 12.2 Å². The SMILES string of the molecule is NCC(=O)N1CCN(c2ccc(N3C[C@H](CCC(N)=S)OC3=O)cc2F)CC1. The number of nitrogens with zero attached hydrogens (tertiary/aromatic N) is 3. The number of thiocarbonyl (C=S) groups is 1. The Labute approximate surface area is 168 Å². The van der Waals surface area contributed by atoms with Gasteiger partial charge in [-0.25, -0.2) is 9.18 Å². The summed E-state index contributed by atoms with van der Waals surface area (Å²) < 4.78 is 20.0. The van der Waals surface area contributed by atoms with E-state index in [1.807, 2.05) is 4.90 Å². The Hall–Kier alpha value is -2.46. The highest BCUT2D eigenvalue weighted by molar-refractivity contribution is 7.80. The van der Waals surface area contributed by atoms with Gasteiger partial charge in [0.2, 0.25) is 5.91 Å². The van der Waals surface area contributed by atoms with Crippen LogP contribution in [0.5, 0.6) is 0 Å². The summed E-state index contributed by atoms with van der Waals surface area (Å²) in [7, 11) is 0. The number of halogens is 1. The molecule has 2 amide bonds. The molecule has 2 heterocycles. The van der Waals surface area contributed by atoms with Crippen molar-refractivity contribution in [2.75, 3.05) is 49.1 Å². The summed E-state index contributed by atoms with van der Waals surface area (Å²) in [5, 5.41) is 0. The molecule has 0 bridgehead atoms. The van der Waals surface area contributed by atoms with Gasteiger partial charge in [-0.15, -0.1) is 0 Å². The van der Waals surface area contributed by atoms with Crippen LogP contribution in [0.4, 0.5) is 20.6 Å². The highest BCUT2D eigenvalue weighted by Gasteiger charge is 2.33. The Balaban J connectivity index is 1.64. The second-order valence-corrected chi connectivity index (χ2v) is 7.35. The van der Waals surface area contributed by atoms with Crippen LogP contribution in [-0.2, 0) is 9.53 Å². The largest absolute Gasteiger partial charge is 0.444 e. The molecule has 0 unspecified atom stereocenters. The van der Waals surface area contributed by atoms with Gasteiger partial charge in [0.1, 0.15) is 11.9 Å². The van der Waals surface area contributed by atoms with Crippen LogP contribution in [0.25, 0.3) is 0 Å². The lowest BCUT2D eigenvalue weighted by molar-refractivity contribution is -0.129. The van der Waals surface area contributed by atoms with Crippen LogP contribution in [0, 0.1) is 5.82 Å². The molecule has 2 fully saturated rings. The maximum atomic E-state index is 14.7. The van der Waals surface area contributed by atoms with Crippen molar-refractivity contribution in [1.82, 2.24) is 4.90 Å². The molecule has 0 radical (unpaired) electrons. The summed E-state index contributed by atoms with van der Waals surface area (Å²) in [5.74, 6) is -0.525. The molecule has 1 aromatic rings. The maximum absolute atomic E-state index is 14.7. The van der Waals surface area contributed by atoms with E-state index in [2.05, 4.69) is 0 Å². The Kier molecular flexibility index (Phi) is 6.30. The van der Waals surface area contributed by atoms with Gasteiger partial charge in [0.15, 0.2) is 0 Å². The van der Waals surface area contributed by atoms with E-state index >= 15 is 0 Å². The second kappa shape index (κ2) is 8.70. The highest BCUT2D eigenvalue weighted by Crippen LogP contribution is 2.29. The van der Waals surface area contributed by atoms with Gasteiger partial charge in [0.05, 0.1) is 29.5 Å². The van der Waals surface area contributed by atoms with E-state index in [4.69, 9.17) is 28.4 Å². The zero-order chi connectivity index (χ0) is 20.3. The van der Waals surface area contributed by atoms with E-state index in [1.165, 1.54) is 11.0 Å². The minimum atomic E-state index is -0.506. The van der Waals surface area contributed by atoms with E-state index in [9.17, 15) is 14.0 Å². The van der Waals surface area contributed by atoms with E-state index in [-0.39, 0.29) is 18.6 Å². The van der Waals surface area contributed by atoms with E-state index < -0.39 is 11.9 Å². The number of nitrogens with two attached hydrogens (primary N) is 2. The third-order valence-electron chi connectivity index (χ3n) is 4.98. The number of cyclic esters (lactones) is 1. The number of rotatable bonds is 6.